The molecule has 1 atom stereocenters. The lowest BCUT2D eigenvalue weighted by Gasteiger charge is -2.33. The summed E-state index contributed by atoms with van der Waals surface area (Å²) in [6.07, 6.45) is -0.0553. The lowest BCUT2D eigenvalue weighted by atomic mass is 10.1. The van der Waals surface area contributed by atoms with E-state index in [-0.39, 0.29) is 54.3 Å². The Kier molecular flexibility index (Phi) is 8.19. The normalized spacial score (nSPS) is 19.4. The Morgan fingerprint density at radius 1 is 1.13 bits per heavy atom. The zero-order chi connectivity index (χ0) is 27.8. The number of hydroxylamine groups is 2. The van der Waals surface area contributed by atoms with Crippen molar-refractivity contribution in [1.82, 2.24) is 9.37 Å². The number of thioether (sulfide) groups is 1. The summed E-state index contributed by atoms with van der Waals surface area (Å²) in [6, 6.07) is 2.65. The van der Waals surface area contributed by atoms with Gasteiger partial charge in [0.15, 0.2) is 5.75 Å². The van der Waals surface area contributed by atoms with Crippen LogP contribution in [0.4, 0.5) is 21.9 Å². The maximum Gasteiger partial charge on any atom is 0.528 e. The molecule has 3 N–H and O–H groups in total. The van der Waals surface area contributed by atoms with E-state index in [1.165, 1.54) is 17.2 Å². The van der Waals surface area contributed by atoms with Crippen LogP contribution >= 0.6 is 23.4 Å². The number of hydrogen-bond acceptors (Lipinski definition) is 12. The smallest absolute Gasteiger partial charge is 0.504 e. The number of benzene rings is 1. The molecule has 0 spiro atoms. The van der Waals surface area contributed by atoms with Gasteiger partial charge in [-0.25, -0.2) is 13.2 Å². The number of phenolic OH excluding ortho intramolecular Hbond substituents is 1. The van der Waals surface area contributed by atoms with Crippen LogP contribution in [-0.4, -0.2) is 78.4 Å². The number of piperazine rings is 1. The number of nitrogens with one attached hydrogen (secondary N) is 2. The van der Waals surface area contributed by atoms with E-state index in [1.54, 1.807) is 32.5 Å². The molecule has 0 aliphatic carbocycles. The molecular weight excluding hydrogens is 560 g/mol. The van der Waals surface area contributed by atoms with Gasteiger partial charge >= 0.3 is 6.16 Å². The van der Waals surface area contributed by atoms with Gasteiger partial charge in [0.1, 0.15) is 21.9 Å². The Morgan fingerprint density at radius 3 is 2.39 bits per heavy atom. The van der Waals surface area contributed by atoms with Gasteiger partial charge in [0.2, 0.25) is 10.0 Å². The standard InChI is InChI=1S/C23H29ClN4O8S2/c1-23(2,3)35-22(32)36-27-7-9-28(10-8-27)38(33,34)21-14(24)4-5-15(18(21)29)26-17-16(19(30)20(17)31)25-13-6-11-37-12-13/h4-5,13,25-26,29H,6-12H2,1-3H3. The van der Waals surface area contributed by atoms with Crippen molar-refractivity contribution in [2.45, 2.75) is 43.7 Å². The molecule has 1 unspecified atom stereocenters. The van der Waals surface area contributed by atoms with Crippen LogP contribution in [-0.2, 0) is 19.6 Å². The molecule has 2 heterocycles. The summed E-state index contributed by atoms with van der Waals surface area (Å²) in [5, 5.41) is 17.8. The fraction of sp³-hybridized carbons (Fsp3) is 0.522. The Labute approximate surface area is 228 Å². The highest BCUT2D eigenvalue weighted by Gasteiger charge is 2.35. The predicted molar refractivity (Wildman–Crippen MR) is 145 cm³/mol. The molecular formula is C23H29ClN4O8S2. The van der Waals surface area contributed by atoms with E-state index in [1.807, 2.05) is 0 Å². The Hall–Kier alpha value is -2.52. The van der Waals surface area contributed by atoms with Gasteiger partial charge in [0, 0.05) is 38.0 Å². The summed E-state index contributed by atoms with van der Waals surface area (Å²) in [5.41, 5.74) is -2.19. The number of rotatable bonds is 7. The molecule has 4 rings (SSSR count). The quantitative estimate of drug-likeness (QED) is 0.247. The average molecular weight is 589 g/mol. The van der Waals surface area contributed by atoms with Crippen molar-refractivity contribution in [2.75, 3.05) is 48.3 Å². The van der Waals surface area contributed by atoms with E-state index in [9.17, 15) is 27.9 Å². The van der Waals surface area contributed by atoms with E-state index >= 15 is 0 Å². The van der Waals surface area contributed by atoms with Gasteiger partial charge in [-0.3, -0.25) is 9.59 Å². The molecule has 12 nitrogen and oxygen atoms in total. The second-order valence-corrected chi connectivity index (χ2v) is 13.3. The number of nitrogens with zero attached hydrogens (tertiary/aromatic N) is 2. The summed E-state index contributed by atoms with van der Waals surface area (Å²) in [6.45, 7) is 5.10. The van der Waals surface area contributed by atoms with Crippen molar-refractivity contribution in [3.63, 3.8) is 0 Å². The number of sulfonamides is 1. The van der Waals surface area contributed by atoms with Crippen molar-refractivity contribution in [3.8, 4) is 5.75 Å². The first kappa shape index (κ1) is 28.5. The zero-order valence-electron chi connectivity index (χ0n) is 21.1. The molecule has 2 fully saturated rings. The molecule has 0 radical (unpaired) electrons. The number of phenols is 1. The third-order valence-electron chi connectivity index (χ3n) is 5.92. The number of anilines is 3. The molecule has 0 saturated carbocycles. The van der Waals surface area contributed by atoms with E-state index in [4.69, 9.17) is 21.2 Å². The van der Waals surface area contributed by atoms with E-state index < -0.39 is 43.3 Å². The summed E-state index contributed by atoms with van der Waals surface area (Å²) in [4.78, 5) is 40.9. The van der Waals surface area contributed by atoms with Crippen molar-refractivity contribution < 1.29 is 27.9 Å². The minimum Gasteiger partial charge on any atom is -0.504 e. The molecule has 0 bridgehead atoms. The summed E-state index contributed by atoms with van der Waals surface area (Å²) >= 11 is 7.94. The SMILES string of the molecule is CC(C)(C)OC(=O)ON1CCN(S(=O)(=O)c2c(Cl)ccc(Nc3c(NC4CCSC4)c(=O)c3=O)c2O)CC1. The number of ether oxygens (including phenoxy) is 1. The number of aromatic hydroxyl groups is 1. The predicted octanol–water partition coefficient (Wildman–Crippen LogP) is 2.48. The molecule has 2 aliphatic rings. The Morgan fingerprint density at radius 2 is 1.79 bits per heavy atom. The van der Waals surface area contributed by atoms with E-state index in [0.29, 0.717) is 0 Å². The highest BCUT2D eigenvalue weighted by molar-refractivity contribution is 7.99. The lowest BCUT2D eigenvalue weighted by molar-refractivity contribution is -0.152. The van der Waals surface area contributed by atoms with Crippen molar-refractivity contribution in [1.29, 1.82) is 0 Å². The van der Waals surface area contributed by atoms with Crippen molar-refractivity contribution >= 4 is 56.6 Å². The summed E-state index contributed by atoms with van der Waals surface area (Å²) in [5.74, 6) is 1.06. The molecule has 2 aromatic carbocycles. The van der Waals surface area contributed by atoms with Crippen LogP contribution in [0.1, 0.15) is 27.2 Å². The molecule has 2 aliphatic heterocycles. The fourth-order valence-corrected chi connectivity index (χ4v) is 7.20. The van der Waals surface area contributed by atoms with E-state index in [2.05, 4.69) is 10.6 Å². The summed E-state index contributed by atoms with van der Waals surface area (Å²) < 4.78 is 33.1. The molecule has 208 valence electrons. The van der Waals surface area contributed by atoms with Gasteiger partial charge < -0.3 is 25.3 Å². The minimum absolute atomic E-state index is 0.0385. The van der Waals surface area contributed by atoms with E-state index in [0.717, 1.165) is 22.2 Å². The van der Waals surface area contributed by atoms with Crippen LogP contribution in [0.3, 0.4) is 0 Å². The Balaban J connectivity index is 1.49. The third-order valence-corrected chi connectivity index (χ3v) is 9.48. The first-order valence-corrected chi connectivity index (χ1v) is 14.9. The van der Waals surface area contributed by atoms with Crippen molar-refractivity contribution in [2.24, 2.45) is 0 Å². The Bertz CT molecular complexity index is 1390. The lowest BCUT2D eigenvalue weighted by Crippen LogP contribution is -2.49. The monoisotopic (exact) mass is 588 g/mol. The molecule has 38 heavy (non-hydrogen) atoms. The molecule has 2 aromatic rings. The topological polar surface area (TPSA) is 155 Å². The van der Waals surface area contributed by atoms with Crippen LogP contribution in [0.25, 0.3) is 0 Å². The number of carbonyl (C=O) groups is 1. The first-order chi connectivity index (χ1) is 17.8. The number of carbonyl (C=O) groups excluding carboxylic acids is 1. The number of hydrogen-bond donors (Lipinski definition) is 3. The maximum atomic E-state index is 13.4. The fourth-order valence-electron chi connectivity index (χ4n) is 4.03. The zero-order valence-corrected chi connectivity index (χ0v) is 23.5. The first-order valence-electron chi connectivity index (χ1n) is 11.9. The third kappa shape index (κ3) is 6.04. The van der Waals surface area contributed by atoms with Gasteiger partial charge in [0.05, 0.1) is 10.7 Å². The molecule has 0 aromatic heterocycles. The number of halogens is 1. The van der Waals surface area contributed by atoms with Crippen LogP contribution in [0.15, 0.2) is 26.6 Å². The molecule has 15 heteroatoms. The molecule has 0 amide bonds. The summed E-state index contributed by atoms with van der Waals surface area (Å²) in [7, 11) is -4.28. The van der Waals surface area contributed by atoms with Crippen LogP contribution in [0, 0.1) is 0 Å². The maximum absolute atomic E-state index is 13.4. The van der Waals surface area contributed by atoms with Gasteiger partial charge in [-0.2, -0.15) is 16.1 Å². The molecule has 2 saturated heterocycles. The largest absolute Gasteiger partial charge is 0.528 e. The van der Waals surface area contributed by atoms with Gasteiger partial charge in [-0.15, -0.1) is 5.06 Å². The highest BCUT2D eigenvalue weighted by Crippen LogP contribution is 2.40. The highest BCUT2D eigenvalue weighted by atomic mass is 35.5. The van der Waals surface area contributed by atoms with Gasteiger partial charge in [-0.1, -0.05) is 11.6 Å². The van der Waals surface area contributed by atoms with Gasteiger partial charge in [-0.05, 0) is 45.1 Å². The van der Waals surface area contributed by atoms with Gasteiger partial charge in [0.25, 0.3) is 10.9 Å². The van der Waals surface area contributed by atoms with Crippen LogP contribution < -0.4 is 21.5 Å². The van der Waals surface area contributed by atoms with Crippen LogP contribution in [0.5, 0.6) is 5.75 Å². The second kappa shape index (κ2) is 10.9. The van der Waals surface area contributed by atoms with Crippen LogP contribution in [0.2, 0.25) is 5.02 Å². The minimum atomic E-state index is -4.28. The second-order valence-electron chi connectivity index (χ2n) is 9.90. The average Bonchev–Trinajstić information content (AvgIpc) is 3.34. The van der Waals surface area contributed by atoms with Crippen molar-refractivity contribution in [3.05, 3.63) is 37.6 Å².